The molecule has 1 atom stereocenters. The molecule has 5 heteroatoms. The molecule has 1 N–H and O–H groups in total. The highest BCUT2D eigenvalue weighted by Crippen LogP contribution is 2.31. The lowest BCUT2D eigenvalue weighted by molar-refractivity contribution is 0.414. The molecule has 96 valence electrons. The summed E-state index contributed by atoms with van der Waals surface area (Å²) in [5.74, 6) is 0.688. The minimum atomic E-state index is 0.133. The second-order valence-corrected chi connectivity index (χ2v) is 4.62. The van der Waals surface area contributed by atoms with E-state index in [-0.39, 0.29) is 6.04 Å². The molecule has 1 aromatic rings. The monoisotopic (exact) mass is 238 g/mol. The zero-order valence-corrected chi connectivity index (χ0v) is 10.9. The van der Waals surface area contributed by atoms with Crippen LogP contribution < -0.4 is 10.2 Å². The fourth-order valence-corrected chi connectivity index (χ4v) is 1.90. The molecule has 0 spiro atoms. The van der Waals surface area contributed by atoms with Crippen LogP contribution in [0.5, 0.6) is 0 Å². The average Bonchev–Trinajstić information content (AvgIpc) is 3.04. The molecule has 0 amide bonds. The van der Waals surface area contributed by atoms with Crippen molar-refractivity contribution in [2.45, 2.75) is 52.1 Å². The fourth-order valence-electron chi connectivity index (χ4n) is 1.90. The Morgan fingerprint density at radius 2 is 2.18 bits per heavy atom. The highest BCUT2D eigenvalue weighted by molar-refractivity contribution is 5.29. The zero-order chi connectivity index (χ0) is 12.3. The standard InChI is InChI=1S/C12H22N4O/c1-4-8-13-9(3)11-14-15-12(17-11)16(5-2)10-6-7-10/h9-10,13H,4-8H2,1-3H3. The van der Waals surface area contributed by atoms with Crippen molar-refractivity contribution in [3.05, 3.63) is 5.89 Å². The van der Waals surface area contributed by atoms with Crippen LogP contribution in [-0.2, 0) is 0 Å². The van der Waals surface area contributed by atoms with E-state index in [2.05, 4.69) is 41.2 Å². The molecular formula is C12H22N4O. The number of rotatable bonds is 7. The first-order valence-electron chi connectivity index (χ1n) is 6.59. The number of hydrogen-bond donors (Lipinski definition) is 1. The summed E-state index contributed by atoms with van der Waals surface area (Å²) in [7, 11) is 0. The van der Waals surface area contributed by atoms with Crippen LogP contribution in [0, 0.1) is 0 Å². The number of hydrogen-bond acceptors (Lipinski definition) is 5. The number of aromatic nitrogens is 2. The van der Waals surface area contributed by atoms with Gasteiger partial charge in [-0.3, -0.25) is 0 Å². The van der Waals surface area contributed by atoms with Gasteiger partial charge in [0, 0.05) is 12.6 Å². The largest absolute Gasteiger partial charge is 0.406 e. The first kappa shape index (κ1) is 12.4. The quantitative estimate of drug-likeness (QED) is 0.788. The fraction of sp³-hybridized carbons (Fsp3) is 0.833. The van der Waals surface area contributed by atoms with Crippen molar-refractivity contribution in [2.75, 3.05) is 18.0 Å². The molecule has 1 heterocycles. The Morgan fingerprint density at radius 1 is 1.41 bits per heavy atom. The summed E-state index contributed by atoms with van der Waals surface area (Å²) < 4.78 is 5.74. The molecule has 17 heavy (non-hydrogen) atoms. The van der Waals surface area contributed by atoms with E-state index in [1.54, 1.807) is 0 Å². The van der Waals surface area contributed by atoms with Gasteiger partial charge in [-0.1, -0.05) is 12.0 Å². The van der Waals surface area contributed by atoms with Crippen molar-refractivity contribution in [1.29, 1.82) is 0 Å². The van der Waals surface area contributed by atoms with Crippen LogP contribution in [0.1, 0.15) is 52.0 Å². The molecule has 1 aliphatic rings. The zero-order valence-electron chi connectivity index (χ0n) is 10.9. The van der Waals surface area contributed by atoms with Crippen LogP contribution in [0.4, 0.5) is 6.01 Å². The summed E-state index contributed by atoms with van der Waals surface area (Å²) in [6, 6.07) is 1.43. The minimum absolute atomic E-state index is 0.133. The van der Waals surface area contributed by atoms with Crippen LogP contribution in [0.3, 0.4) is 0 Å². The van der Waals surface area contributed by atoms with Crippen molar-refractivity contribution < 1.29 is 4.42 Å². The molecule has 1 unspecified atom stereocenters. The van der Waals surface area contributed by atoms with E-state index >= 15 is 0 Å². The second kappa shape index (κ2) is 5.49. The highest BCUT2D eigenvalue weighted by atomic mass is 16.4. The van der Waals surface area contributed by atoms with E-state index in [0.717, 1.165) is 19.5 Å². The maximum Gasteiger partial charge on any atom is 0.318 e. The molecule has 0 bridgehead atoms. The van der Waals surface area contributed by atoms with Gasteiger partial charge in [0.05, 0.1) is 6.04 Å². The second-order valence-electron chi connectivity index (χ2n) is 4.62. The first-order chi connectivity index (χ1) is 8.26. The maximum atomic E-state index is 5.74. The maximum absolute atomic E-state index is 5.74. The minimum Gasteiger partial charge on any atom is -0.406 e. The van der Waals surface area contributed by atoms with Gasteiger partial charge in [-0.2, -0.15) is 0 Å². The van der Waals surface area contributed by atoms with E-state index < -0.39 is 0 Å². The van der Waals surface area contributed by atoms with E-state index in [0.29, 0.717) is 17.9 Å². The lowest BCUT2D eigenvalue weighted by Crippen LogP contribution is -2.25. The van der Waals surface area contributed by atoms with E-state index in [4.69, 9.17) is 4.42 Å². The number of nitrogens with one attached hydrogen (secondary N) is 1. The van der Waals surface area contributed by atoms with Crippen LogP contribution in [0.25, 0.3) is 0 Å². The van der Waals surface area contributed by atoms with Crippen LogP contribution in [-0.4, -0.2) is 29.3 Å². The number of nitrogens with zero attached hydrogens (tertiary/aromatic N) is 3. The molecule has 0 saturated heterocycles. The summed E-state index contributed by atoms with van der Waals surface area (Å²) in [4.78, 5) is 2.20. The molecule has 1 saturated carbocycles. The average molecular weight is 238 g/mol. The van der Waals surface area contributed by atoms with Crippen LogP contribution in [0.15, 0.2) is 4.42 Å². The van der Waals surface area contributed by atoms with Crippen molar-refractivity contribution in [3.8, 4) is 0 Å². The van der Waals surface area contributed by atoms with Crippen molar-refractivity contribution >= 4 is 6.01 Å². The summed E-state index contributed by atoms with van der Waals surface area (Å²) >= 11 is 0. The first-order valence-corrected chi connectivity index (χ1v) is 6.59. The Balaban J connectivity index is 1.98. The van der Waals surface area contributed by atoms with Crippen LogP contribution >= 0.6 is 0 Å². The molecule has 5 nitrogen and oxygen atoms in total. The van der Waals surface area contributed by atoms with E-state index in [1.165, 1.54) is 12.8 Å². The summed E-state index contributed by atoms with van der Waals surface area (Å²) in [6.45, 7) is 8.23. The van der Waals surface area contributed by atoms with Crippen molar-refractivity contribution in [3.63, 3.8) is 0 Å². The van der Waals surface area contributed by atoms with Gasteiger partial charge in [0.1, 0.15) is 0 Å². The van der Waals surface area contributed by atoms with Gasteiger partial charge in [-0.15, -0.1) is 5.10 Å². The van der Waals surface area contributed by atoms with Gasteiger partial charge in [0.25, 0.3) is 0 Å². The normalized spacial score (nSPS) is 17.1. The molecule has 2 rings (SSSR count). The lowest BCUT2D eigenvalue weighted by Gasteiger charge is -2.16. The third-order valence-electron chi connectivity index (χ3n) is 3.07. The Bertz CT molecular complexity index is 348. The van der Waals surface area contributed by atoms with Gasteiger partial charge in [-0.25, -0.2) is 0 Å². The van der Waals surface area contributed by atoms with Gasteiger partial charge in [-0.05, 0) is 39.7 Å². The van der Waals surface area contributed by atoms with Gasteiger partial charge in [0.2, 0.25) is 5.89 Å². The van der Waals surface area contributed by atoms with Crippen molar-refractivity contribution in [2.24, 2.45) is 0 Å². The predicted octanol–water partition coefficient (Wildman–Crippen LogP) is 2.12. The summed E-state index contributed by atoms with van der Waals surface area (Å²) in [5, 5.41) is 11.6. The Kier molecular flexibility index (Phi) is 3.99. The molecule has 1 aliphatic carbocycles. The Hall–Kier alpha value is -1.10. The smallest absolute Gasteiger partial charge is 0.318 e. The molecule has 0 aliphatic heterocycles. The predicted molar refractivity (Wildman–Crippen MR) is 67.0 cm³/mol. The lowest BCUT2D eigenvalue weighted by atomic mass is 10.3. The van der Waals surface area contributed by atoms with Gasteiger partial charge in [0.15, 0.2) is 0 Å². The number of anilines is 1. The molecular weight excluding hydrogens is 216 g/mol. The van der Waals surface area contributed by atoms with Crippen LogP contribution in [0.2, 0.25) is 0 Å². The third-order valence-corrected chi connectivity index (χ3v) is 3.07. The SMILES string of the molecule is CCCNC(C)c1nnc(N(CC)C2CC2)o1. The van der Waals surface area contributed by atoms with Gasteiger partial charge < -0.3 is 14.6 Å². The molecule has 0 aromatic carbocycles. The molecule has 1 fully saturated rings. The third kappa shape index (κ3) is 2.97. The topological polar surface area (TPSA) is 54.2 Å². The molecule has 0 radical (unpaired) electrons. The highest BCUT2D eigenvalue weighted by Gasteiger charge is 2.31. The van der Waals surface area contributed by atoms with Crippen molar-refractivity contribution in [1.82, 2.24) is 15.5 Å². The van der Waals surface area contributed by atoms with Gasteiger partial charge >= 0.3 is 6.01 Å². The molecule has 1 aromatic heterocycles. The summed E-state index contributed by atoms with van der Waals surface area (Å²) in [6.07, 6.45) is 3.60. The van der Waals surface area contributed by atoms with E-state index in [1.807, 2.05) is 0 Å². The Morgan fingerprint density at radius 3 is 2.76 bits per heavy atom. The Labute approximate surface area is 103 Å². The summed E-state index contributed by atoms with van der Waals surface area (Å²) in [5.41, 5.74) is 0. The van der Waals surface area contributed by atoms with E-state index in [9.17, 15) is 0 Å².